The molecule has 1 aliphatic carbocycles. The molecule has 1 heterocycles. The summed E-state index contributed by atoms with van der Waals surface area (Å²) < 4.78 is 2.27. The maximum Gasteiger partial charge on any atom is 0.145 e. The fourth-order valence-corrected chi connectivity index (χ4v) is 8.12. The molecule has 0 aliphatic heterocycles. The van der Waals surface area contributed by atoms with E-state index in [1.807, 2.05) is 0 Å². The fraction of sp³-hybridized carbons (Fsp3) is 0.0408. The first-order valence-corrected chi connectivity index (χ1v) is 17.8. The summed E-state index contributed by atoms with van der Waals surface area (Å²) >= 11 is 0. The summed E-state index contributed by atoms with van der Waals surface area (Å²) in [6.45, 7) is 0. The Morgan fingerprint density at radius 1 is 0.431 bits per heavy atom. The van der Waals surface area contributed by atoms with Gasteiger partial charge in [0.1, 0.15) is 5.82 Å². The maximum absolute atomic E-state index is 5.06. The fourth-order valence-electron chi connectivity index (χ4n) is 8.12. The standard InChI is InChI=1S/C49H34N2/c1-3-14-35(15-4-1)47-41-19-9-10-20-42(41)48(39-24-23-33-13-7-8-18-37(33)31-39)43-30-27-38(32-44(43)47)34-25-28-40(29-26-34)51-46-22-12-11-21-45(46)50-49(51)36-16-5-2-6-17-36/h1-22,25-32H,23-24H2. The van der Waals surface area contributed by atoms with Crippen LogP contribution in [0.15, 0.2) is 176 Å². The van der Waals surface area contributed by atoms with Crippen LogP contribution in [0.2, 0.25) is 0 Å². The molecule has 0 atom stereocenters. The van der Waals surface area contributed by atoms with Gasteiger partial charge in [0.2, 0.25) is 0 Å². The van der Waals surface area contributed by atoms with E-state index in [1.165, 1.54) is 66.1 Å². The van der Waals surface area contributed by atoms with Gasteiger partial charge in [0.25, 0.3) is 0 Å². The van der Waals surface area contributed by atoms with Crippen LogP contribution in [-0.2, 0) is 6.42 Å². The number of imidazole rings is 1. The van der Waals surface area contributed by atoms with E-state index in [4.69, 9.17) is 4.98 Å². The van der Waals surface area contributed by atoms with Gasteiger partial charge in [-0.1, -0.05) is 152 Å². The Labute approximate surface area is 297 Å². The first-order valence-electron chi connectivity index (χ1n) is 17.8. The molecule has 0 bridgehead atoms. The van der Waals surface area contributed by atoms with Gasteiger partial charge < -0.3 is 0 Å². The molecular weight excluding hydrogens is 617 g/mol. The molecule has 0 saturated heterocycles. The molecule has 1 aromatic heterocycles. The zero-order chi connectivity index (χ0) is 33.7. The molecule has 240 valence electrons. The second-order valence-corrected chi connectivity index (χ2v) is 13.5. The number of benzene rings is 8. The Kier molecular flexibility index (Phi) is 6.99. The highest BCUT2D eigenvalue weighted by molar-refractivity contribution is 6.20. The lowest BCUT2D eigenvalue weighted by Gasteiger charge is -2.23. The minimum atomic E-state index is 0.946. The molecule has 9 aromatic rings. The van der Waals surface area contributed by atoms with Crippen molar-refractivity contribution in [2.75, 3.05) is 0 Å². The third-order valence-corrected chi connectivity index (χ3v) is 10.5. The van der Waals surface area contributed by atoms with E-state index in [-0.39, 0.29) is 0 Å². The van der Waals surface area contributed by atoms with Crippen molar-refractivity contribution in [2.24, 2.45) is 0 Å². The van der Waals surface area contributed by atoms with Crippen molar-refractivity contribution < 1.29 is 0 Å². The van der Waals surface area contributed by atoms with Crippen molar-refractivity contribution in [1.82, 2.24) is 9.55 Å². The number of allylic oxidation sites excluding steroid dienone is 1. The Morgan fingerprint density at radius 2 is 1.06 bits per heavy atom. The van der Waals surface area contributed by atoms with Crippen molar-refractivity contribution in [2.45, 2.75) is 12.8 Å². The maximum atomic E-state index is 5.06. The van der Waals surface area contributed by atoms with E-state index in [2.05, 4.69) is 187 Å². The summed E-state index contributed by atoms with van der Waals surface area (Å²) in [7, 11) is 0. The molecule has 0 unspecified atom stereocenters. The van der Waals surface area contributed by atoms with Crippen molar-refractivity contribution in [1.29, 1.82) is 0 Å². The van der Waals surface area contributed by atoms with E-state index in [0.29, 0.717) is 0 Å². The second-order valence-electron chi connectivity index (χ2n) is 13.5. The van der Waals surface area contributed by atoms with Crippen molar-refractivity contribution >= 4 is 44.2 Å². The molecular formula is C49H34N2. The topological polar surface area (TPSA) is 17.8 Å². The monoisotopic (exact) mass is 650 g/mol. The first-order chi connectivity index (χ1) is 25.3. The van der Waals surface area contributed by atoms with Crippen molar-refractivity contribution in [3.63, 3.8) is 0 Å². The predicted octanol–water partition coefficient (Wildman–Crippen LogP) is 12.8. The second kappa shape index (κ2) is 12.1. The summed E-state index contributed by atoms with van der Waals surface area (Å²) in [5.41, 5.74) is 14.7. The van der Waals surface area contributed by atoms with Gasteiger partial charge >= 0.3 is 0 Å². The van der Waals surface area contributed by atoms with Gasteiger partial charge in [0, 0.05) is 11.3 Å². The summed E-state index contributed by atoms with van der Waals surface area (Å²) in [6.07, 6.45) is 4.51. The number of aryl methyl sites for hydroxylation is 1. The minimum Gasteiger partial charge on any atom is -0.292 e. The highest BCUT2D eigenvalue weighted by atomic mass is 15.1. The zero-order valence-electron chi connectivity index (χ0n) is 28.1. The highest BCUT2D eigenvalue weighted by Crippen LogP contribution is 2.45. The van der Waals surface area contributed by atoms with Crippen LogP contribution in [0.5, 0.6) is 0 Å². The van der Waals surface area contributed by atoms with Crippen LogP contribution in [0.25, 0.3) is 83.6 Å². The van der Waals surface area contributed by atoms with Gasteiger partial charge in [-0.3, -0.25) is 4.57 Å². The number of para-hydroxylation sites is 2. The molecule has 0 saturated carbocycles. The summed E-state index contributed by atoms with van der Waals surface area (Å²) in [5.74, 6) is 0.946. The van der Waals surface area contributed by atoms with Crippen LogP contribution in [0.4, 0.5) is 0 Å². The largest absolute Gasteiger partial charge is 0.292 e. The number of hydrogen-bond donors (Lipinski definition) is 0. The first kappa shape index (κ1) is 29.4. The van der Waals surface area contributed by atoms with Crippen LogP contribution in [0.1, 0.15) is 23.1 Å². The highest BCUT2D eigenvalue weighted by Gasteiger charge is 2.21. The van der Waals surface area contributed by atoms with E-state index in [9.17, 15) is 0 Å². The number of aromatic nitrogens is 2. The normalized spacial score (nSPS) is 12.7. The molecule has 0 N–H and O–H groups in total. The van der Waals surface area contributed by atoms with Gasteiger partial charge in [-0.25, -0.2) is 4.98 Å². The Bertz CT molecular complexity index is 2770. The van der Waals surface area contributed by atoms with Gasteiger partial charge in [-0.05, 0) is 109 Å². The molecule has 2 nitrogen and oxygen atoms in total. The molecule has 8 aromatic carbocycles. The quantitative estimate of drug-likeness (QED) is 0.170. The van der Waals surface area contributed by atoms with Gasteiger partial charge in [0.15, 0.2) is 0 Å². The Morgan fingerprint density at radius 3 is 1.86 bits per heavy atom. The number of hydrogen-bond acceptors (Lipinski definition) is 1. The lowest BCUT2D eigenvalue weighted by molar-refractivity contribution is 1.00. The van der Waals surface area contributed by atoms with Gasteiger partial charge in [-0.15, -0.1) is 0 Å². The molecule has 0 fully saturated rings. The zero-order valence-corrected chi connectivity index (χ0v) is 28.1. The predicted molar refractivity (Wildman–Crippen MR) is 215 cm³/mol. The Balaban J connectivity index is 1.16. The van der Waals surface area contributed by atoms with Gasteiger partial charge in [-0.2, -0.15) is 0 Å². The summed E-state index contributed by atoms with van der Waals surface area (Å²) in [4.78, 5) is 5.06. The molecule has 51 heavy (non-hydrogen) atoms. The average Bonchev–Trinajstić information content (AvgIpc) is 3.60. The summed E-state index contributed by atoms with van der Waals surface area (Å²) in [6, 6.07) is 63.6. The van der Waals surface area contributed by atoms with Crippen molar-refractivity contribution in [3.05, 3.63) is 193 Å². The molecule has 2 heteroatoms. The van der Waals surface area contributed by atoms with Crippen LogP contribution in [-0.4, -0.2) is 9.55 Å². The smallest absolute Gasteiger partial charge is 0.145 e. The van der Waals surface area contributed by atoms with Crippen LogP contribution < -0.4 is 0 Å². The third kappa shape index (κ3) is 4.99. The minimum absolute atomic E-state index is 0.946. The summed E-state index contributed by atoms with van der Waals surface area (Å²) in [5, 5.41) is 5.19. The molecule has 10 rings (SSSR count). The van der Waals surface area contributed by atoms with E-state index in [1.54, 1.807) is 0 Å². The van der Waals surface area contributed by atoms with Crippen LogP contribution in [0.3, 0.4) is 0 Å². The SMILES string of the molecule is C1=C(c2c3ccccc3c(-c3ccccc3)c3cc(-c4ccc(-n5c(-c6ccccc6)nc6ccccc65)cc4)ccc23)CCc2ccccc21. The number of rotatable bonds is 5. The molecule has 0 spiro atoms. The van der Waals surface area contributed by atoms with Crippen LogP contribution >= 0.6 is 0 Å². The van der Waals surface area contributed by atoms with Crippen LogP contribution in [0, 0.1) is 0 Å². The Hall–Kier alpha value is -6.51. The molecule has 0 amide bonds. The molecule has 0 radical (unpaired) electrons. The number of fused-ring (bicyclic) bond motifs is 4. The van der Waals surface area contributed by atoms with Crippen molar-refractivity contribution in [3.8, 4) is 39.3 Å². The van der Waals surface area contributed by atoms with E-state index >= 15 is 0 Å². The van der Waals surface area contributed by atoms with E-state index in [0.717, 1.165) is 41.0 Å². The number of nitrogens with zero attached hydrogens (tertiary/aromatic N) is 2. The average molecular weight is 651 g/mol. The lowest BCUT2D eigenvalue weighted by Crippen LogP contribution is -2.01. The molecule has 1 aliphatic rings. The third-order valence-electron chi connectivity index (χ3n) is 10.5. The van der Waals surface area contributed by atoms with Gasteiger partial charge in [0.05, 0.1) is 11.0 Å². The lowest BCUT2D eigenvalue weighted by atomic mass is 9.81. The van der Waals surface area contributed by atoms with E-state index < -0.39 is 0 Å².